The molecule has 1 atom stereocenters. The van der Waals surface area contributed by atoms with E-state index in [9.17, 15) is 0 Å². The van der Waals surface area contributed by atoms with E-state index in [1.54, 1.807) is 0 Å². The summed E-state index contributed by atoms with van der Waals surface area (Å²) in [6.45, 7) is 10.1. The summed E-state index contributed by atoms with van der Waals surface area (Å²) in [5.74, 6) is 1.25. The lowest BCUT2D eigenvalue weighted by molar-refractivity contribution is 0.249. The second kappa shape index (κ2) is 3.99. The summed E-state index contributed by atoms with van der Waals surface area (Å²) in [6.07, 6.45) is 0. The fraction of sp³-hybridized carbons (Fsp3) is 1.00. The molecule has 0 aromatic rings. The molecular formula is C9H20N2S. The van der Waals surface area contributed by atoms with Crippen LogP contribution in [0.5, 0.6) is 0 Å². The van der Waals surface area contributed by atoms with Crippen molar-refractivity contribution in [2.24, 2.45) is 5.73 Å². The van der Waals surface area contributed by atoms with Gasteiger partial charge < -0.3 is 5.73 Å². The van der Waals surface area contributed by atoms with Crippen molar-refractivity contribution in [3.05, 3.63) is 0 Å². The van der Waals surface area contributed by atoms with Crippen molar-refractivity contribution >= 4 is 11.8 Å². The van der Waals surface area contributed by atoms with Crippen LogP contribution in [0.4, 0.5) is 0 Å². The Morgan fingerprint density at radius 2 is 2.25 bits per heavy atom. The average Bonchev–Trinajstić information content (AvgIpc) is 1.82. The molecule has 1 unspecified atom stereocenters. The van der Waals surface area contributed by atoms with Gasteiger partial charge in [0.1, 0.15) is 0 Å². The second-order valence-corrected chi connectivity index (χ2v) is 6.12. The van der Waals surface area contributed by atoms with E-state index in [1.165, 1.54) is 18.8 Å². The first-order valence-electron chi connectivity index (χ1n) is 4.61. The van der Waals surface area contributed by atoms with E-state index < -0.39 is 0 Å². The molecular weight excluding hydrogens is 168 g/mol. The number of rotatable bonds is 2. The lowest BCUT2D eigenvalue weighted by Gasteiger charge is -2.38. The zero-order valence-electron chi connectivity index (χ0n) is 8.34. The molecule has 1 saturated heterocycles. The molecule has 0 spiro atoms. The summed E-state index contributed by atoms with van der Waals surface area (Å²) >= 11 is 2.07. The van der Waals surface area contributed by atoms with Crippen LogP contribution < -0.4 is 5.73 Å². The fourth-order valence-electron chi connectivity index (χ4n) is 1.68. The van der Waals surface area contributed by atoms with Gasteiger partial charge in [-0.3, -0.25) is 4.90 Å². The number of hydrogen-bond donors (Lipinski definition) is 1. The van der Waals surface area contributed by atoms with E-state index in [2.05, 4.69) is 37.4 Å². The van der Waals surface area contributed by atoms with Crippen LogP contribution in [-0.2, 0) is 0 Å². The molecule has 0 bridgehead atoms. The van der Waals surface area contributed by atoms with E-state index in [0.717, 1.165) is 6.54 Å². The van der Waals surface area contributed by atoms with Crippen LogP contribution in [0.25, 0.3) is 0 Å². The molecule has 1 rings (SSSR count). The SMILES string of the molecule is CC(N)CN1CCSC(C)(C)C1. The summed E-state index contributed by atoms with van der Waals surface area (Å²) in [6, 6.07) is 0.309. The van der Waals surface area contributed by atoms with Gasteiger partial charge in [-0.2, -0.15) is 11.8 Å². The van der Waals surface area contributed by atoms with Crippen LogP contribution in [0.15, 0.2) is 0 Å². The Balaban J connectivity index is 2.36. The molecule has 0 radical (unpaired) electrons. The number of nitrogens with zero attached hydrogens (tertiary/aromatic N) is 1. The molecule has 2 nitrogen and oxygen atoms in total. The fourth-order valence-corrected chi connectivity index (χ4v) is 2.85. The highest BCUT2D eigenvalue weighted by Gasteiger charge is 2.26. The Labute approximate surface area is 79.9 Å². The minimum atomic E-state index is 0.309. The van der Waals surface area contributed by atoms with E-state index in [-0.39, 0.29) is 0 Å². The molecule has 0 aromatic heterocycles. The van der Waals surface area contributed by atoms with Crippen LogP contribution in [0.3, 0.4) is 0 Å². The molecule has 3 heteroatoms. The first kappa shape index (κ1) is 10.4. The van der Waals surface area contributed by atoms with Crippen molar-refractivity contribution in [3.63, 3.8) is 0 Å². The summed E-state index contributed by atoms with van der Waals surface area (Å²) in [5, 5.41) is 0. The highest BCUT2D eigenvalue weighted by atomic mass is 32.2. The van der Waals surface area contributed by atoms with Crippen LogP contribution in [-0.4, -0.2) is 41.1 Å². The monoisotopic (exact) mass is 188 g/mol. The standard InChI is InChI=1S/C9H20N2S/c1-8(10)6-11-4-5-12-9(2,3)7-11/h8H,4-7,10H2,1-3H3. The number of thioether (sulfide) groups is 1. The third-order valence-corrected chi connectivity index (χ3v) is 3.35. The van der Waals surface area contributed by atoms with Gasteiger partial charge in [0.15, 0.2) is 0 Å². The summed E-state index contributed by atoms with van der Waals surface area (Å²) in [7, 11) is 0. The zero-order chi connectivity index (χ0) is 9.19. The van der Waals surface area contributed by atoms with Gasteiger partial charge in [-0.15, -0.1) is 0 Å². The van der Waals surface area contributed by atoms with Crippen molar-refractivity contribution in [2.45, 2.75) is 31.6 Å². The molecule has 1 aliphatic rings. The largest absolute Gasteiger partial charge is 0.327 e. The van der Waals surface area contributed by atoms with E-state index in [1.807, 2.05) is 0 Å². The Kier molecular flexibility index (Phi) is 3.44. The van der Waals surface area contributed by atoms with E-state index >= 15 is 0 Å². The molecule has 12 heavy (non-hydrogen) atoms. The molecule has 1 heterocycles. The van der Waals surface area contributed by atoms with Crippen LogP contribution >= 0.6 is 11.8 Å². The topological polar surface area (TPSA) is 29.3 Å². The Hall–Kier alpha value is 0.270. The zero-order valence-corrected chi connectivity index (χ0v) is 9.16. The Morgan fingerprint density at radius 1 is 1.58 bits per heavy atom. The molecule has 1 fully saturated rings. The maximum Gasteiger partial charge on any atom is 0.0231 e. The van der Waals surface area contributed by atoms with Gasteiger partial charge >= 0.3 is 0 Å². The van der Waals surface area contributed by atoms with E-state index in [4.69, 9.17) is 5.73 Å². The van der Waals surface area contributed by atoms with Gasteiger partial charge in [0.25, 0.3) is 0 Å². The van der Waals surface area contributed by atoms with Gasteiger partial charge in [0.05, 0.1) is 0 Å². The highest BCUT2D eigenvalue weighted by molar-refractivity contribution is 8.00. The van der Waals surface area contributed by atoms with Crippen molar-refractivity contribution in [3.8, 4) is 0 Å². The van der Waals surface area contributed by atoms with Crippen LogP contribution in [0, 0.1) is 0 Å². The van der Waals surface area contributed by atoms with Crippen molar-refractivity contribution in [2.75, 3.05) is 25.4 Å². The molecule has 1 aliphatic heterocycles. The third-order valence-electron chi connectivity index (χ3n) is 2.05. The summed E-state index contributed by atoms with van der Waals surface area (Å²) < 4.78 is 0.424. The maximum absolute atomic E-state index is 5.76. The number of nitrogens with two attached hydrogens (primary N) is 1. The lowest BCUT2D eigenvalue weighted by atomic mass is 10.1. The smallest absolute Gasteiger partial charge is 0.0231 e. The molecule has 2 N–H and O–H groups in total. The van der Waals surface area contributed by atoms with Crippen molar-refractivity contribution < 1.29 is 0 Å². The predicted molar refractivity (Wildman–Crippen MR) is 56.6 cm³/mol. The molecule has 0 aliphatic carbocycles. The van der Waals surface area contributed by atoms with Gasteiger partial charge in [-0.05, 0) is 20.8 Å². The van der Waals surface area contributed by atoms with Gasteiger partial charge in [0, 0.05) is 36.2 Å². The third kappa shape index (κ3) is 3.33. The molecule has 0 amide bonds. The van der Waals surface area contributed by atoms with Gasteiger partial charge in [-0.1, -0.05) is 0 Å². The Morgan fingerprint density at radius 3 is 2.75 bits per heavy atom. The Bertz CT molecular complexity index is 145. The first-order chi connectivity index (χ1) is 5.49. The van der Waals surface area contributed by atoms with Crippen molar-refractivity contribution in [1.82, 2.24) is 4.90 Å². The second-order valence-electron chi connectivity index (χ2n) is 4.32. The predicted octanol–water partition coefficient (Wildman–Crippen LogP) is 1.16. The van der Waals surface area contributed by atoms with Gasteiger partial charge in [-0.25, -0.2) is 0 Å². The van der Waals surface area contributed by atoms with Crippen LogP contribution in [0.1, 0.15) is 20.8 Å². The molecule has 72 valence electrons. The minimum absolute atomic E-state index is 0.309. The summed E-state index contributed by atoms with van der Waals surface area (Å²) in [4.78, 5) is 2.47. The average molecular weight is 188 g/mol. The highest BCUT2D eigenvalue weighted by Crippen LogP contribution is 2.29. The van der Waals surface area contributed by atoms with Gasteiger partial charge in [0.2, 0.25) is 0 Å². The normalized spacial score (nSPS) is 27.0. The first-order valence-corrected chi connectivity index (χ1v) is 5.60. The summed E-state index contributed by atoms with van der Waals surface area (Å²) in [5.41, 5.74) is 5.76. The van der Waals surface area contributed by atoms with E-state index in [0.29, 0.717) is 10.8 Å². The van der Waals surface area contributed by atoms with Crippen molar-refractivity contribution in [1.29, 1.82) is 0 Å². The maximum atomic E-state index is 5.76. The minimum Gasteiger partial charge on any atom is -0.327 e. The van der Waals surface area contributed by atoms with Crippen LogP contribution in [0.2, 0.25) is 0 Å². The lowest BCUT2D eigenvalue weighted by Crippen LogP contribution is -2.47. The number of hydrogen-bond acceptors (Lipinski definition) is 3. The molecule has 0 aromatic carbocycles. The molecule has 0 saturated carbocycles. The quantitative estimate of drug-likeness (QED) is 0.705.